The van der Waals surface area contributed by atoms with Crippen molar-refractivity contribution in [3.8, 4) is 5.75 Å². The van der Waals surface area contributed by atoms with Crippen molar-refractivity contribution in [2.75, 3.05) is 32.5 Å². The molecule has 1 unspecified atom stereocenters. The highest BCUT2D eigenvalue weighted by Crippen LogP contribution is 2.23. The van der Waals surface area contributed by atoms with Crippen LogP contribution in [0.2, 0.25) is 0 Å². The number of amides is 1. The van der Waals surface area contributed by atoms with Crippen molar-refractivity contribution in [1.82, 2.24) is 10.2 Å². The number of sulfonamides is 1. The molecule has 7 nitrogen and oxygen atoms in total. The zero-order chi connectivity index (χ0) is 22.4. The third-order valence-electron chi connectivity index (χ3n) is 4.72. The van der Waals surface area contributed by atoms with Crippen LogP contribution in [0.3, 0.4) is 0 Å². The summed E-state index contributed by atoms with van der Waals surface area (Å²) in [5.74, 6) is 0.527. The lowest BCUT2D eigenvalue weighted by Crippen LogP contribution is -2.34. The molecule has 0 aliphatic carbocycles. The molecule has 0 aliphatic heterocycles. The lowest BCUT2D eigenvalue weighted by atomic mass is 10.1. The minimum atomic E-state index is -3.62. The second-order valence-electron chi connectivity index (χ2n) is 7.08. The predicted octanol–water partition coefficient (Wildman–Crippen LogP) is 3.59. The maximum Gasteiger partial charge on any atom is 0.271 e. The first-order chi connectivity index (χ1) is 14.8. The summed E-state index contributed by atoms with van der Waals surface area (Å²) in [5.41, 5.74) is 1.87. The number of ether oxygens (including phenoxy) is 1. The zero-order valence-corrected chi connectivity index (χ0v) is 19.2. The number of nitrogens with zero attached hydrogens (tertiary/aromatic N) is 1. The van der Waals surface area contributed by atoms with E-state index in [1.165, 1.54) is 6.07 Å². The molecule has 0 saturated heterocycles. The van der Waals surface area contributed by atoms with Crippen LogP contribution in [-0.2, 0) is 10.0 Å². The van der Waals surface area contributed by atoms with Crippen molar-refractivity contribution in [3.63, 3.8) is 0 Å². The van der Waals surface area contributed by atoms with E-state index in [0.717, 1.165) is 22.6 Å². The maximum absolute atomic E-state index is 12.6. The van der Waals surface area contributed by atoms with Gasteiger partial charge in [0.05, 0.1) is 13.2 Å². The minimum absolute atomic E-state index is 0.0315. The Morgan fingerprint density at radius 3 is 2.45 bits per heavy atom. The number of benzene rings is 2. The monoisotopic (exact) mass is 459 g/mol. The standard InChI is InChI=1S/C22H25N3O4S2/c1-25(2)20(17-6-4-7-19(14-17)29-3)15-23-22(26)16-9-11-18(12-10-16)24-31(27,28)21-8-5-13-30-21/h4-14,20,24H,15H2,1-3H3,(H,23,26). The SMILES string of the molecule is COc1cccc(C(CNC(=O)c2ccc(NS(=O)(=O)c3cccs3)cc2)N(C)C)c1. The first kappa shape index (κ1) is 22.8. The third-order valence-corrected chi connectivity index (χ3v) is 7.50. The average Bonchev–Trinajstić information content (AvgIpc) is 3.30. The number of hydrogen-bond donors (Lipinski definition) is 2. The van der Waals surface area contributed by atoms with Crippen LogP contribution in [0.25, 0.3) is 0 Å². The number of rotatable bonds is 9. The maximum atomic E-state index is 12.6. The van der Waals surface area contributed by atoms with E-state index in [9.17, 15) is 13.2 Å². The van der Waals surface area contributed by atoms with Gasteiger partial charge in [-0.1, -0.05) is 18.2 Å². The Balaban J connectivity index is 1.64. The highest BCUT2D eigenvalue weighted by Gasteiger charge is 2.18. The Kier molecular flexibility index (Phi) is 7.32. The molecule has 0 aliphatic rings. The van der Waals surface area contributed by atoms with Crippen LogP contribution in [0.4, 0.5) is 5.69 Å². The molecule has 1 atom stereocenters. The fourth-order valence-electron chi connectivity index (χ4n) is 3.05. The van der Waals surface area contributed by atoms with E-state index < -0.39 is 10.0 Å². The Morgan fingerprint density at radius 1 is 1.10 bits per heavy atom. The molecule has 2 N–H and O–H groups in total. The number of carbonyl (C=O) groups excluding carboxylic acids is 1. The number of thiophene rings is 1. The van der Waals surface area contributed by atoms with E-state index in [1.54, 1.807) is 42.8 Å². The van der Waals surface area contributed by atoms with Crippen molar-refractivity contribution in [2.45, 2.75) is 10.3 Å². The molecule has 0 fully saturated rings. The molecule has 3 aromatic rings. The molecule has 0 radical (unpaired) electrons. The Bertz CT molecular complexity index is 1110. The van der Waals surface area contributed by atoms with Crippen LogP contribution in [0.5, 0.6) is 5.75 Å². The number of methoxy groups -OCH3 is 1. The fourth-order valence-corrected chi connectivity index (χ4v) is 5.10. The summed E-state index contributed by atoms with van der Waals surface area (Å²) < 4.78 is 32.7. The summed E-state index contributed by atoms with van der Waals surface area (Å²) >= 11 is 1.14. The number of carbonyl (C=O) groups is 1. The van der Waals surface area contributed by atoms with Crippen LogP contribution in [0.1, 0.15) is 22.0 Å². The second kappa shape index (κ2) is 9.95. The first-order valence-corrected chi connectivity index (χ1v) is 11.9. The Morgan fingerprint density at radius 2 is 1.84 bits per heavy atom. The lowest BCUT2D eigenvalue weighted by Gasteiger charge is -2.25. The van der Waals surface area contributed by atoms with Gasteiger partial charge >= 0.3 is 0 Å². The Labute approximate surface area is 186 Å². The van der Waals surface area contributed by atoms with E-state index in [2.05, 4.69) is 10.0 Å². The molecule has 0 spiro atoms. The van der Waals surface area contributed by atoms with Crippen molar-refractivity contribution < 1.29 is 17.9 Å². The number of hydrogen-bond acceptors (Lipinski definition) is 6. The summed E-state index contributed by atoms with van der Waals surface area (Å²) in [5, 5.41) is 4.65. The quantitative estimate of drug-likeness (QED) is 0.511. The van der Waals surface area contributed by atoms with Gasteiger partial charge in [0.2, 0.25) is 0 Å². The molecule has 164 valence electrons. The summed E-state index contributed by atoms with van der Waals surface area (Å²) in [6.45, 7) is 0.408. The number of nitrogens with one attached hydrogen (secondary N) is 2. The van der Waals surface area contributed by atoms with Gasteiger partial charge in [-0.25, -0.2) is 8.42 Å². The van der Waals surface area contributed by atoms with E-state index in [4.69, 9.17) is 4.74 Å². The molecule has 1 heterocycles. The van der Waals surface area contributed by atoms with Crippen molar-refractivity contribution >= 4 is 33.0 Å². The predicted molar refractivity (Wildman–Crippen MR) is 123 cm³/mol. The molecule has 1 aromatic heterocycles. The third kappa shape index (κ3) is 5.84. The molecule has 31 heavy (non-hydrogen) atoms. The topological polar surface area (TPSA) is 87.7 Å². The fraction of sp³-hybridized carbons (Fsp3) is 0.227. The van der Waals surface area contributed by atoms with E-state index >= 15 is 0 Å². The molecule has 2 aromatic carbocycles. The van der Waals surface area contributed by atoms with E-state index in [0.29, 0.717) is 17.8 Å². The van der Waals surface area contributed by atoms with Gasteiger partial charge in [0, 0.05) is 17.8 Å². The van der Waals surface area contributed by atoms with E-state index in [1.807, 2.05) is 43.3 Å². The summed E-state index contributed by atoms with van der Waals surface area (Å²) in [4.78, 5) is 14.6. The van der Waals surface area contributed by atoms with Crippen LogP contribution < -0.4 is 14.8 Å². The highest BCUT2D eigenvalue weighted by molar-refractivity contribution is 7.94. The van der Waals surface area contributed by atoms with E-state index in [-0.39, 0.29) is 16.2 Å². The van der Waals surface area contributed by atoms with Crippen molar-refractivity contribution in [2.24, 2.45) is 0 Å². The number of anilines is 1. The van der Waals surface area contributed by atoms with Crippen LogP contribution in [-0.4, -0.2) is 47.0 Å². The van der Waals surface area contributed by atoms with Crippen LogP contribution >= 0.6 is 11.3 Å². The molecule has 0 saturated carbocycles. The molecule has 1 amide bonds. The van der Waals surface area contributed by atoms with Gasteiger partial charge in [-0.2, -0.15) is 0 Å². The smallest absolute Gasteiger partial charge is 0.271 e. The first-order valence-electron chi connectivity index (χ1n) is 9.55. The molecule has 3 rings (SSSR count). The van der Waals surface area contributed by atoms with Crippen LogP contribution in [0, 0.1) is 0 Å². The van der Waals surface area contributed by atoms with Gasteiger partial charge < -0.3 is 15.0 Å². The highest BCUT2D eigenvalue weighted by atomic mass is 32.2. The zero-order valence-electron chi connectivity index (χ0n) is 17.5. The largest absolute Gasteiger partial charge is 0.497 e. The average molecular weight is 460 g/mol. The molecular formula is C22H25N3O4S2. The summed E-state index contributed by atoms with van der Waals surface area (Å²) in [6, 6.07) is 17.3. The Hall–Kier alpha value is -2.88. The van der Waals surface area contributed by atoms with Gasteiger partial charge in [-0.05, 0) is 67.5 Å². The molecule has 0 bridgehead atoms. The summed E-state index contributed by atoms with van der Waals surface area (Å²) in [6.07, 6.45) is 0. The van der Waals surface area contributed by atoms with Crippen LogP contribution in [0.15, 0.2) is 70.3 Å². The lowest BCUT2D eigenvalue weighted by molar-refractivity contribution is 0.0942. The number of likely N-dealkylation sites (N-methyl/N-ethyl adjacent to an activating group) is 1. The van der Waals surface area contributed by atoms with Gasteiger partial charge in [-0.3, -0.25) is 9.52 Å². The van der Waals surface area contributed by atoms with Crippen molar-refractivity contribution in [3.05, 3.63) is 77.2 Å². The minimum Gasteiger partial charge on any atom is -0.497 e. The normalized spacial score (nSPS) is 12.4. The molecule has 9 heteroatoms. The molecular weight excluding hydrogens is 434 g/mol. The summed E-state index contributed by atoms with van der Waals surface area (Å²) in [7, 11) is 1.90. The van der Waals surface area contributed by atoms with Gasteiger partial charge in [0.25, 0.3) is 15.9 Å². The second-order valence-corrected chi connectivity index (χ2v) is 9.94. The van der Waals surface area contributed by atoms with Gasteiger partial charge in [-0.15, -0.1) is 11.3 Å². The van der Waals surface area contributed by atoms with Gasteiger partial charge in [0.1, 0.15) is 9.96 Å². The van der Waals surface area contributed by atoms with Gasteiger partial charge in [0.15, 0.2) is 0 Å². The van der Waals surface area contributed by atoms with Crippen molar-refractivity contribution in [1.29, 1.82) is 0 Å².